The fraction of sp³-hybridized carbons (Fsp3) is 0.667. The summed E-state index contributed by atoms with van der Waals surface area (Å²) in [7, 11) is -4.57. The van der Waals surface area contributed by atoms with Gasteiger partial charge in [-0.1, -0.05) is 160 Å². The van der Waals surface area contributed by atoms with E-state index in [1.54, 1.807) is 0 Å². The van der Waals surface area contributed by atoms with Crippen molar-refractivity contribution in [3.05, 3.63) is 41.5 Å². The van der Waals surface area contributed by atoms with Gasteiger partial charge in [-0.25, -0.2) is 8.42 Å². The molecule has 0 heterocycles. The molecule has 0 saturated carbocycles. The van der Waals surface area contributed by atoms with E-state index in [0.29, 0.717) is 12.0 Å². The van der Waals surface area contributed by atoms with Gasteiger partial charge in [0.25, 0.3) is 0 Å². The molecule has 3 rings (SSSR count). The van der Waals surface area contributed by atoms with Crippen LogP contribution in [0.3, 0.4) is 0 Å². The summed E-state index contributed by atoms with van der Waals surface area (Å²) >= 11 is 0. The molecule has 2 aromatic carbocycles. The van der Waals surface area contributed by atoms with Crippen molar-refractivity contribution in [3.8, 4) is 22.3 Å². The molecule has 0 spiro atoms. The Labute approximate surface area is 274 Å². The SMILES string of the molecule is CCCCCCCCCCCCc1cc2c(c(S(=O)(=O)[O-])c1CCCCCCCCCCCC)-c1ccccc1-2.[Na+]. The molecule has 0 aromatic heterocycles. The molecular weight excluding hydrogens is 535 g/mol. The Morgan fingerprint density at radius 2 is 0.976 bits per heavy atom. The zero-order chi connectivity index (χ0) is 28.6. The maximum atomic E-state index is 12.7. The minimum Gasteiger partial charge on any atom is -0.744 e. The van der Waals surface area contributed by atoms with Crippen molar-refractivity contribution in [2.75, 3.05) is 0 Å². The summed E-state index contributed by atoms with van der Waals surface area (Å²) in [5, 5.41) is 0. The molecular formula is C36H55NaO3S. The van der Waals surface area contributed by atoms with E-state index in [4.69, 9.17) is 0 Å². The quantitative estimate of drug-likeness (QED) is 0.0636. The number of aryl methyl sites for hydroxylation is 1. The summed E-state index contributed by atoms with van der Waals surface area (Å²) in [6, 6.07) is 10.1. The Bertz CT molecular complexity index is 1130. The topological polar surface area (TPSA) is 57.2 Å². The number of rotatable bonds is 23. The van der Waals surface area contributed by atoms with Gasteiger partial charge in [-0.05, 0) is 53.5 Å². The summed E-state index contributed by atoms with van der Waals surface area (Å²) in [4.78, 5) is 0.0849. The van der Waals surface area contributed by atoms with E-state index < -0.39 is 10.1 Å². The molecule has 0 saturated heterocycles. The van der Waals surface area contributed by atoms with Crippen molar-refractivity contribution < 1.29 is 42.5 Å². The van der Waals surface area contributed by atoms with Gasteiger partial charge >= 0.3 is 29.6 Å². The summed E-state index contributed by atoms with van der Waals surface area (Å²) in [5.74, 6) is 0. The van der Waals surface area contributed by atoms with Gasteiger partial charge in [0.15, 0.2) is 0 Å². The maximum Gasteiger partial charge on any atom is 1.00 e. The molecule has 3 nitrogen and oxygen atoms in total. The molecule has 224 valence electrons. The summed E-state index contributed by atoms with van der Waals surface area (Å²) < 4.78 is 38.1. The van der Waals surface area contributed by atoms with E-state index in [2.05, 4.69) is 19.9 Å². The van der Waals surface area contributed by atoms with E-state index in [-0.39, 0.29) is 34.5 Å². The van der Waals surface area contributed by atoms with Gasteiger partial charge in [0, 0.05) is 5.56 Å². The van der Waals surface area contributed by atoms with E-state index in [1.165, 1.54) is 109 Å². The third-order valence-corrected chi connectivity index (χ3v) is 9.74. The third-order valence-electron chi connectivity index (χ3n) is 8.79. The summed E-state index contributed by atoms with van der Waals surface area (Å²) in [6.45, 7) is 4.51. The van der Waals surface area contributed by atoms with Crippen LogP contribution < -0.4 is 29.6 Å². The van der Waals surface area contributed by atoms with Crippen LogP contribution in [0.25, 0.3) is 22.3 Å². The molecule has 0 radical (unpaired) electrons. The number of benzene rings is 2. The Kier molecular flexibility index (Phi) is 18.1. The zero-order valence-electron chi connectivity index (χ0n) is 26.6. The number of hydrogen-bond acceptors (Lipinski definition) is 3. The molecule has 0 atom stereocenters. The molecule has 1 aliphatic rings. The Balaban J connectivity index is 0.00000588. The van der Waals surface area contributed by atoms with E-state index in [9.17, 15) is 13.0 Å². The normalized spacial score (nSPS) is 12.0. The van der Waals surface area contributed by atoms with E-state index in [0.717, 1.165) is 53.5 Å². The van der Waals surface area contributed by atoms with Gasteiger partial charge < -0.3 is 4.55 Å². The van der Waals surface area contributed by atoms with Crippen LogP contribution in [0.1, 0.15) is 153 Å². The van der Waals surface area contributed by atoms with Crippen LogP contribution in [0.2, 0.25) is 0 Å². The van der Waals surface area contributed by atoms with Crippen molar-refractivity contribution >= 4 is 10.1 Å². The van der Waals surface area contributed by atoms with E-state index >= 15 is 0 Å². The van der Waals surface area contributed by atoms with Crippen LogP contribution in [0.4, 0.5) is 0 Å². The zero-order valence-corrected chi connectivity index (χ0v) is 29.4. The fourth-order valence-electron chi connectivity index (χ4n) is 6.47. The van der Waals surface area contributed by atoms with E-state index in [1.807, 2.05) is 24.3 Å². The minimum atomic E-state index is -4.57. The largest absolute Gasteiger partial charge is 1.00 e. The predicted octanol–water partition coefficient (Wildman–Crippen LogP) is 8.17. The van der Waals surface area contributed by atoms with Gasteiger partial charge in [0.05, 0.1) is 4.90 Å². The van der Waals surface area contributed by atoms with Crippen LogP contribution in [0.15, 0.2) is 35.2 Å². The molecule has 41 heavy (non-hydrogen) atoms. The Hall–Kier alpha value is -0.650. The van der Waals surface area contributed by atoms with Crippen LogP contribution >= 0.6 is 0 Å². The van der Waals surface area contributed by atoms with Crippen molar-refractivity contribution in [1.29, 1.82) is 0 Å². The average Bonchev–Trinajstić information content (AvgIpc) is 2.93. The number of fused-ring (bicyclic) bond motifs is 4. The van der Waals surface area contributed by atoms with Crippen LogP contribution in [0.5, 0.6) is 0 Å². The van der Waals surface area contributed by atoms with Crippen LogP contribution in [-0.2, 0) is 23.0 Å². The molecule has 0 fully saturated rings. The standard InChI is InChI=1S/C36H56O3S.Na/c1-3-5-7-9-11-13-15-17-19-21-25-30-29-34-32-27-23-24-28-33(32)35(34)36(40(37,38)39)31(30)26-22-20-18-16-14-12-10-8-6-4-2;/h23-24,27-29H,3-22,25-26H2,1-2H3,(H,37,38,39);/q;+1/p-1. The van der Waals surface area contributed by atoms with Gasteiger partial charge in [0.1, 0.15) is 10.1 Å². The first kappa shape index (κ1) is 36.5. The predicted molar refractivity (Wildman–Crippen MR) is 170 cm³/mol. The molecule has 0 N–H and O–H groups in total. The molecule has 5 heteroatoms. The van der Waals surface area contributed by atoms with Crippen molar-refractivity contribution in [3.63, 3.8) is 0 Å². The molecule has 1 aliphatic carbocycles. The number of hydrogen-bond donors (Lipinski definition) is 0. The molecule has 0 bridgehead atoms. The first-order valence-electron chi connectivity index (χ1n) is 16.7. The fourth-order valence-corrected chi connectivity index (χ4v) is 7.48. The van der Waals surface area contributed by atoms with Crippen LogP contribution in [-0.4, -0.2) is 13.0 Å². The monoisotopic (exact) mass is 590 g/mol. The van der Waals surface area contributed by atoms with Crippen molar-refractivity contribution in [2.45, 2.75) is 160 Å². The molecule has 0 unspecified atom stereocenters. The second-order valence-electron chi connectivity index (χ2n) is 12.1. The Morgan fingerprint density at radius 3 is 1.44 bits per heavy atom. The third kappa shape index (κ3) is 11.8. The molecule has 0 aliphatic heterocycles. The van der Waals surface area contributed by atoms with Gasteiger partial charge in [0.2, 0.25) is 0 Å². The van der Waals surface area contributed by atoms with Crippen molar-refractivity contribution in [2.24, 2.45) is 0 Å². The van der Waals surface area contributed by atoms with Gasteiger partial charge in [-0.15, -0.1) is 0 Å². The van der Waals surface area contributed by atoms with Crippen LogP contribution in [0, 0.1) is 0 Å². The second-order valence-corrected chi connectivity index (χ2v) is 13.4. The first-order chi connectivity index (χ1) is 19.5. The van der Waals surface area contributed by atoms with Gasteiger partial charge in [-0.2, -0.15) is 0 Å². The smallest absolute Gasteiger partial charge is 0.744 e. The minimum absolute atomic E-state index is 0. The maximum absolute atomic E-state index is 12.7. The summed E-state index contributed by atoms with van der Waals surface area (Å²) in [5.41, 5.74) is 5.55. The second kappa shape index (κ2) is 20.3. The Morgan fingerprint density at radius 1 is 0.561 bits per heavy atom. The molecule has 2 aromatic rings. The number of unbranched alkanes of at least 4 members (excludes halogenated alkanes) is 18. The first-order valence-corrected chi connectivity index (χ1v) is 18.1. The average molecular weight is 591 g/mol. The molecule has 0 amide bonds. The van der Waals surface area contributed by atoms with Gasteiger partial charge in [-0.3, -0.25) is 0 Å². The van der Waals surface area contributed by atoms with Crippen molar-refractivity contribution in [1.82, 2.24) is 0 Å². The summed E-state index contributed by atoms with van der Waals surface area (Å²) in [6.07, 6.45) is 26.8.